The van der Waals surface area contributed by atoms with Crippen molar-refractivity contribution in [1.82, 2.24) is 9.55 Å². The van der Waals surface area contributed by atoms with E-state index in [2.05, 4.69) is 4.98 Å². The molecule has 1 aromatic carbocycles. The van der Waals surface area contributed by atoms with E-state index in [1.165, 1.54) is 31.3 Å². The Bertz CT molecular complexity index is 669. The lowest BCUT2D eigenvalue weighted by atomic mass is 10.1. The topological polar surface area (TPSA) is 90.4 Å². The summed E-state index contributed by atoms with van der Waals surface area (Å²) in [7, 11) is 1.75. The summed E-state index contributed by atoms with van der Waals surface area (Å²) >= 11 is 5.88. The van der Waals surface area contributed by atoms with Gasteiger partial charge in [-0.05, 0) is 13.0 Å². The number of ether oxygens (including phenoxy) is 1. The zero-order valence-corrected chi connectivity index (χ0v) is 12.2. The van der Waals surface area contributed by atoms with E-state index in [9.17, 15) is 15.2 Å². The molecule has 8 heteroatoms. The highest BCUT2D eigenvalue weighted by Gasteiger charge is 2.16. The Morgan fingerprint density at radius 3 is 2.81 bits per heavy atom. The number of nitrogens with zero attached hydrogens (tertiary/aromatic N) is 3. The van der Waals surface area contributed by atoms with Crippen LogP contribution in [0.25, 0.3) is 0 Å². The van der Waals surface area contributed by atoms with Crippen molar-refractivity contribution in [2.24, 2.45) is 7.05 Å². The molecule has 0 saturated heterocycles. The Kier molecular flexibility index (Phi) is 4.44. The summed E-state index contributed by atoms with van der Waals surface area (Å²) in [5.41, 5.74) is 0.253. The second-order valence-electron chi connectivity index (χ2n) is 4.50. The lowest BCUT2D eigenvalue weighted by molar-refractivity contribution is -0.385. The van der Waals surface area contributed by atoms with Crippen LogP contribution in [-0.4, -0.2) is 19.6 Å². The first-order valence-electron chi connectivity index (χ1n) is 6.15. The zero-order valence-electron chi connectivity index (χ0n) is 11.5. The minimum Gasteiger partial charge on any atom is -0.485 e. The molecule has 112 valence electrons. The van der Waals surface area contributed by atoms with E-state index in [-0.39, 0.29) is 12.3 Å². The Labute approximate surface area is 125 Å². The van der Waals surface area contributed by atoms with Gasteiger partial charge in [-0.2, -0.15) is 0 Å². The van der Waals surface area contributed by atoms with E-state index in [1.54, 1.807) is 11.6 Å². The van der Waals surface area contributed by atoms with Crippen LogP contribution in [0, 0.1) is 10.1 Å². The van der Waals surface area contributed by atoms with Crippen LogP contribution in [0.3, 0.4) is 0 Å². The minimum atomic E-state index is -0.884. The quantitative estimate of drug-likeness (QED) is 0.677. The van der Waals surface area contributed by atoms with Gasteiger partial charge >= 0.3 is 0 Å². The molecular formula is C13H14ClN3O4. The highest BCUT2D eigenvalue weighted by molar-refractivity contribution is 6.29. The van der Waals surface area contributed by atoms with Crippen molar-refractivity contribution in [3.05, 3.63) is 51.1 Å². The fourth-order valence-electron chi connectivity index (χ4n) is 1.81. The predicted octanol–water partition coefficient (Wildman–Crippen LogP) is 2.61. The van der Waals surface area contributed by atoms with Gasteiger partial charge in [0.2, 0.25) is 0 Å². The maximum Gasteiger partial charge on any atom is 0.270 e. The second-order valence-corrected chi connectivity index (χ2v) is 4.89. The number of non-ortho nitro benzene ring substituents is 1. The maximum absolute atomic E-state index is 10.8. The zero-order chi connectivity index (χ0) is 15.6. The van der Waals surface area contributed by atoms with Gasteiger partial charge in [0.25, 0.3) is 5.69 Å². The number of halogens is 1. The number of nitro groups is 1. The molecule has 7 nitrogen and oxygen atoms in total. The summed E-state index contributed by atoms with van der Waals surface area (Å²) in [5.74, 6) is 0.976. The lowest BCUT2D eigenvalue weighted by Gasteiger charge is -2.13. The summed E-state index contributed by atoms with van der Waals surface area (Å²) in [6.07, 6.45) is 0.621. The Morgan fingerprint density at radius 2 is 2.29 bits per heavy atom. The molecule has 0 aliphatic heterocycles. The Balaban J connectivity index is 2.23. The molecule has 2 rings (SSSR count). The molecule has 1 atom stereocenters. The van der Waals surface area contributed by atoms with Crippen LogP contribution in [-0.2, 0) is 13.7 Å². The average molecular weight is 312 g/mol. The van der Waals surface area contributed by atoms with Gasteiger partial charge in [0.15, 0.2) is 0 Å². The van der Waals surface area contributed by atoms with Crippen LogP contribution >= 0.6 is 11.6 Å². The SMILES string of the molecule is C[C@@H](O)c1cc([N+](=O)[O-])ccc1OCc1ncc(Cl)n1C. The average Bonchev–Trinajstić information content (AvgIpc) is 2.76. The van der Waals surface area contributed by atoms with E-state index in [1.807, 2.05) is 0 Å². The van der Waals surface area contributed by atoms with Crippen molar-refractivity contribution in [3.63, 3.8) is 0 Å². The normalized spacial score (nSPS) is 12.2. The van der Waals surface area contributed by atoms with Gasteiger partial charge in [-0.25, -0.2) is 4.98 Å². The van der Waals surface area contributed by atoms with Gasteiger partial charge in [-0.15, -0.1) is 0 Å². The Hall–Kier alpha value is -2.12. The van der Waals surface area contributed by atoms with E-state index < -0.39 is 11.0 Å². The van der Waals surface area contributed by atoms with Crippen molar-refractivity contribution in [2.45, 2.75) is 19.6 Å². The first-order valence-corrected chi connectivity index (χ1v) is 6.53. The molecule has 0 spiro atoms. The third-order valence-electron chi connectivity index (χ3n) is 3.04. The smallest absolute Gasteiger partial charge is 0.270 e. The number of nitro benzene ring substituents is 1. The van der Waals surface area contributed by atoms with Crippen LogP contribution in [0.5, 0.6) is 5.75 Å². The number of aliphatic hydroxyl groups is 1. The van der Waals surface area contributed by atoms with Gasteiger partial charge in [0, 0.05) is 24.7 Å². The number of aromatic nitrogens is 2. The van der Waals surface area contributed by atoms with Crippen LogP contribution < -0.4 is 4.74 Å². The van der Waals surface area contributed by atoms with E-state index in [0.717, 1.165) is 0 Å². The largest absolute Gasteiger partial charge is 0.485 e. The molecule has 0 fully saturated rings. The predicted molar refractivity (Wildman–Crippen MR) is 76.3 cm³/mol. The van der Waals surface area contributed by atoms with Crippen molar-refractivity contribution in [2.75, 3.05) is 0 Å². The minimum absolute atomic E-state index is 0.0988. The first kappa shape index (κ1) is 15.3. The number of imidazole rings is 1. The summed E-state index contributed by atoms with van der Waals surface area (Å²) in [4.78, 5) is 14.3. The van der Waals surface area contributed by atoms with Crippen molar-refractivity contribution in [1.29, 1.82) is 0 Å². The molecule has 21 heavy (non-hydrogen) atoms. The summed E-state index contributed by atoms with van der Waals surface area (Å²) in [6.45, 7) is 1.66. The summed E-state index contributed by atoms with van der Waals surface area (Å²) in [6, 6.07) is 4.09. The number of hydrogen-bond donors (Lipinski definition) is 1. The lowest BCUT2D eigenvalue weighted by Crippen LogP contribution is -2.06. The van der Waals surface area contributed by atoms with Crippen LogP contribution in [0.15, 0.2) is 24.4 Å². The van der Waals surface area contributed by atoms with Gasteiger partial charge in [-0.3, -0.25) is 10.1 Å². The number of aliphatic hydroxyl groups excluding tert-OH is 1. The van der Waals surface area contributed by atoms with Gasteiger partial charge in [0.1, 0.15) is 23.3 Å². The third-order valence-corrected chi connectivity index (χ3v) is 3.39. The van der Waals surface area contributed by atoms with Crippen LogP contribution in [0.4, 0.5) is 5.69 Å². The third kappa shape index (κ3) is 3.32. The monoisotopic (exact) mass is 311 g/mol. The van der Waals surface area contributed by atoms with Crippen LogP contribution in [0.2, 0.25) is 5.15 Å². The summed E-state index contributed by atoms with van der Waals surface area (Å²) in [5, 5.41) is 21.0. The molecule has 0 aliphatic rings. The highest BCUT2D eigenvalue weighted by Crippen LogP contribution is 2.29. The molecule has 0 amide bonds. The van der Waals surface area contributed by atoms with Gasteiger partial charge < -0.3 is 14.4 Å². The maximum atomic E-state index is 10.8. The standard InChI is InChI=1S/C13H14ClN3O4/c1-8(18)10-5-9(17(19)20)3-4-11(10)21-7-13-15-6-12(14)16(13)2/h3-6,8,18H,7H2,1-2H3/t8-/m1/s1. The molecule has 1 heterocycles. The Morgan fingerprint density at radius 1 is 1.57 bits per heavy atom. The van der Waals surface area contributed by atoms with E-state index >= 15 is 0 Å². The van der Waals surface area contributed by atoms with Gasteiger partial charge in [-0.1, -0.05) is 11.6 Å². The van der Waals surface area contributed by atoms with Gasteiger partial charge in [0.05, 0.1) is 17.2 Å². The first-order chi connectivity index (χ1) is 9.90. The molecule has 0 bridgehead atoms. The second kappa shape index (κ2) is 6.11. The molecule has 1 N–H and O–H groups in total. The molecular weight excluding hydrogens is 298 g/mol. The molecule has 0 aliphatic carbocycles. The van der Waals surface area contributed by atoms with Crippen molar-refractivity contribution >= 4 is 17.3 Å². The summed E-state index contributed by atoms with van der Waals surface area (Å²) < 4.78 is 7.25. The van der Waals surface area contributed by atoms with Crippen LogP contribution in [0.1, 0.15) is 24.4 Å². The molecule has 0 unspecified atom stereocenters. The molecule has 0 saturated carbocycles. The van der Waals surface area contributed by atoms with Crippen molar-refractivity contribution < 1.29 is 14.8 Å². The fourth-order valence-corrected chi connectivity index (χ4v) is 1.95. The number of rotatable bonds is 5. The number of hydrogen-bond acceptors (Lipinski definition) is 5. The van der Waals surface area contributed by atoms with E-state index in [4.69, 9.17) is 16.3 Å². The highest BCUT2D eigenvalue weighted by atomic mass is 35.5. The number of benzene rings is 1. The van der Waals surface area contributed by atoms with E-state index in [0.29, 0.717) is 22.3 Å². The van der Waals surface area contributed by atoms with Crippen molar-refractivity contribution in [3.8, 4) is 5.75 Å². The molecule has 0 radical (unpaired) electrons. The molecule has 1 aromatic heterocycles. The molecule has 2 aromatic rings. The fraction of sp³-hybridized carbons (Fsp3) is 0.308.